The van der Waals surface area contributed by atoms with Gasteiger partial charge in [0.05, 0.1) is 6.04 Å². The van der Waals surface area contributed by atoms with E-state index in [1.807, 2.05) is 42.5 Å². The van der Waals surface area contributed by atoms with E-state index in [1.165, 1.54) is 0 Å². The predicted molar refractivity (Wildman–Crippen MR) is 72.1 cm³/mol. The molecule has 0 spiro atoms. The molecule has 1 atom stereocenters. The molecule has 3 N–H and O–H groups in total. The average molecular weight is 251 g/mol. The molecule has 19 heavy (non-hydrogen) atoms. The molecule has 5 nitrogen and oxygen atoms in total. The van der Waals surface area contributed by atoms with Gasteiger partial charge in [0.15, 0.2) is 5.82 Å². The highest BCUT2D eigenvalue weighted by Gasteiger charge is 2.14. The molecule has 0 radical (unpaired) electrons. The first kappa shape index (κ1) is 11.6. The van der Waals surface area contributed by atoms with E-state index in [2.05, 4.69) is 20.2 Å². The number of H-pyrrole nitrogens is 1. The van der Waals surface area contributed by atoms with Crippen LogP contribution in [0, 0.1) is 0 Å². The Kier molecular flexibility index (Phi) is 3.04. The van der Waals surface area contributed by atoms with Gasteiger partial charge in [-0.05, 0) is 17.7 Å². The summed E-state index contributed by atoms with van der Waals surface area (Å²) in [4.78, 5) is 8.41. The third-order valence-corrected chi connectivity index (χ3v) is 2.89. The van der Waals surface area contributed by atoms with Crippen LogP contribution >= 0.6 is 0 Å². The molecule has 0 saturated carbocycles. The molecule has 2 heterocycles. The molecule has 0 aliphatic rings. The summed E-state index contributed by atoms with van der Waals surface area (Å²) in [6, 6.07) is 13.2. The second kappa shape index (κ2) is 4.99. The summed E-state index contributed by atoms with van der Waals surface area (Å²) in [5.41, 5.74) is 8.08. The molecule has 2 aromatic heterocycles. The van der Waals surface area contributed by atoms with E-state index in [9.17, 15) is 0 Å². The Hall–Kier alpha value is -2.53. The molecule has 0 aliphatic heterocycles. The lowest BCUT2D eigenvalue weighted by Gasteiger charge is -2.07. The normalized spacial score (nSPS) is 12.3. The zero-order chi connectivity index (χ0) is 13.1. The number of benzene rings is 1. The number of pyridine rings is 1. The molecular formula is C14H13N5. The fraction of sp³-hybridized carbons (Fsp3) is 0.0714. The van der Waals surface area contributed by atoms with Crippen molar-refractivity contribution in [1.82, 2.24) is 20.2 Å². The van der Waals surface area contributed by atoms with E-state index in [-0.39, 0.29) is 6.04 Å². The lowest BCUT2D eigenvalue weighted by Crippen LogP contribution is -2.13. The third-order valence-electron chi connectivity index (χ3n) is 2.89. The minimum Gasteiger partial charge on any atom is -0.318 e. The number of aromatic nitrogens is 4. The number of hydrogen-bond acceptors (Lipinski definition) is 4. The summed E-state index contributed by atoms with van der Waals surface area (Å²) in [6.45, 7) is 0. The number of nitrogens with one attached hydrogen (secondary N) is 1. The number of nitrogens with zero attached hydrogens (tertiary/aromatic N) is 3. The highest BCUT2D eigenvalue weighted by atomic mass is 15.2. The highest BCUT2D eigenvalue weighted by molar-refractivity contribution is 5.53. The van der Waals surface area contributed by atoms with Crippen LogP contribution in [0.25, 0.3) is 11.4 Å². The minimum absolute atomic E-state index is 0.302. The Labute approximate surface area is 110 Å². The first-order valence-electron chi connectivity index (χ1n) is 5.98. The van der Waals surface area contributed by atoms with Crippen LogP contribution in [0.15, 0.2) is 54.9 Å². The van der Waals surface area contributed by atoms with Gasteiger partial charge in [0.25, 0.3) is 0 Å². The average Bonchev–Trinajstić information content (AvgIpc) is 2.98. The Bertz CT molecular complexity index is 648. The first-order chi connectivity index (χ1) is 9.34. The summed E-state index contributed by atoms with van der Waals surface area (Å²) in [6.07, 6.45) is 3.42. The molecule has 0 amide bonds. The molecule has 0 bridgehead atoms. The fourth-order valence-electron chi connectivity index (χ4n) is 1.86. The van der Waals surface area contributed by atoms with E-state index in [1.54, 1.807) is 12.4 Å². The quantitative estimate of drug-likeness (QED) is 0.745. The Morgan fingerprint density at radius 3 is 2.47 bits per heavy atom. The van der Waals surface area contributed by atoms with Crippen LogP contribution in [0.4, 0.5) is 0 Å². The van der Waals surface area contributed by atoms with Crippen LogP contribution in [-0.4, -0.2) is 20.2 Å². The standard InChI is InChI=1S/C14H13N5/c15-12(10-4-2-1-3-5-10)14-17-13(18-19-14)11-6-8-16-9-7-11/h1-9,12H,15H2,(H,17,18,19). The van der Waals surface area contributed by atoms with Gasteiger partial charge in [0.1, 0.15) is 5.82 Å². The van der Waals surface area contributed by atoms with Gasteiger partial charge in [-0.1, -0.05) is 30.3 Å². The zero-order valence-corrected chi connectivity index (χ0v) is 10.2. The summed E-state index contributed by atoms with van der Waals surface area (Å²) >= 11 is 0. The van der Waals surface area contributed by atoms with Gasteiger partial charge in [0.2, 0.25) is 0 Å². The minimum atomic E-state index is -0.302. The van der Waals surface area contributed by atoms with Crippen molar-refractivity contribution in [2.75, 3.05) is 0 Å². The maximum atomic E-state index is 6.16. The van der Waals surface area contributed by atoms with Crippen molar-refractivity contribution in [3.63, 3.8) is 0 Å². The van der Waals surface area contributed by atoms with E-state index in [4.69, 9.17) is 5.73 Å². The molecule has 3 aromatic rings. The SMILES string of the molecule is NC(c1ccccc1)c1nc(-c2ccncc2)n[nH]1. The Morgan fingerprint density at radius 2 is 1.74 bits per heavy atom. The molecular weight excluding hydrogens is 238 g/mol. The lowest BCUT2D eigenvalue weighted by molar-refractivity contribution is 0.787. The molecule has 5 heteroatoms. The number of aromatic amines is 1. The van der Waals surface area contributed by atoms with Crippen LogP contribution in [0.5, 0.6) is 0 Å². The smallest absolute Gasteiger partial charge is 0.181 e. The van der Waals surface area contributed by atoms with Crippen LogP contribution in [0.2, 0.25) is 0 Å². The second-order valence-corrected chi connectivity index (χ2v) is 4.17. The number of hydrogen-bond donors (Lipinski definition) is 2. The van der Waals surface area contributed by atoms with E-state index in [0.717, 1.165) is 11.1 Å². The Morgan fingerprint density at radius 1 is 1.00 bits per heavy atom. The summed E-state index contributed by atoms with van der Waals surface area (Å²) in [7, 11) is 0. The van der Waals surface area contributed by atoms with Gasteiger partial charge in [-0.2, -0.15) is 5.10 Å². The molecule has 0 saturated heterocycles. The molecule has 0 fully saturated rings. The van der Waals surface area contributed by atoms with E-state index in [0.29, 0.717) is 11.6 Å². The van der Waals surface area contributed by atoms with Gasteiger partial charge >= 0.3 is 0 Å². The maximum Gasteiger partial charge on any atom is 0.181 e. The van der Waals surface area contributed by atoms with Crippen molar-refractivity contribution in [3.8, 4) is 11.4 Å². The monoisotopic (exact) mass is 251 g/mol. The summed E-state index contributed by atoms with van der Waals surface area (Å²) in [5, 5.41) is 7.09. The van der Waals surface area contributed by atoms with Crippen molar-refractivity contribution in [2.24, 2.45) is 5.73 Å². The summed E-state index contributed by atoms with van der Waals surface area (Å²) < 4.78 is 0. The van der Waals surface area contributed by atoms with Crippen LogP contribution in [0.1, 0.15) is 17.4 Å². The van der Waals surface area contributed by atoms with Gasteiger partial charge in [-0.15, -0.1) is 0 Å². The molecule has 94 valence electrons. The highest BCUT2D eigenvalue weighted by Crippen LogP contribution is 2.19. The van der Waals surface area contributed by atoms with Crippen molar-refractivity contribution < 1.29 is 0 Å². The third kappa shape index (κ3) is 2.36. The van der Waals surface area contributed by atoms with Gasteiger partial charge in [0, 0.05) is 18.0 Å². The van der Waals surface area contributed by atoms with E-state index < -0.39 is 0 Å². The molecule has 3 rings (SSSR count). The van der Waals surface area contributed by atoms with Crippen molar-refractivity contribution in [3.05, 3.63) is 66.2 Å². The maximum absolute atomic E-state index is 6.16. The molecule has 0 aliphatic carbocycles. The molecule has 1 unspecified atom stereocenters. The predicted octanol–water partition coefficient (Wildman–Crippen LogP) is 1.91. The Balaban J connectivity index is 1.90. The largest absolute Gasteiger partial charge is 0.318 e. The van der Waals surface area contributed by atoms with Crippen molar-refractivity contribution >= 4 is 0 Å². The fourth-order valence-corrected chi connectivity index (χ4v) is 1.86. The van der Waals surface area contributed by atoms with Crippen LogP contribution in [-0.2, 0) is 0 Å². The van der Waals surface area contributed by atoms with Crippen molar-refractivity contribution in [1.29, 1.82) is 0 Å². The summed E-state index contributed by atoms with van der Waals surface area (Å²) in [5.74, 6) is 1.28. The topological polar surface area (TPSA) is 80.5 Å². The van der Waals surface area contributed by atoms with E-state index >= 15 is 0 Å². The van der Waals surface area contributed by atoms with Gasteiger partial charge in [-0.25, -0.2) is 4.98 Å². The molecule has 1 aromatic carbocycles. The lowest BCUT2D eigenvalue weighted by atomic mass is 10.1. The van der Waals surface area contributed by atoms with Gasteiger partial charge < -0.3 is 5.73 Å². The second-order valence-electron chi connectivity index (χ2n) is 4.17. The number of rotatable bonds is 3. The van der Waals surface area contributed by atoms with Crippen molar-refractivity contribution in [2.45, 2.75) is 6.04 Å². The zero-order valence-electron chi connectivity index (χ0n) is 10.2. The van der Waals surface area contributed by atoms with Crippen LogP contribution in [0.3, 0.4) is 0 Å². The van der Waals surface area contributed by atoms with Crippen LogP contribution < -0.4 is 5.73 Å². The first-order valence-corrected chi connectivity index (χ1v) is 5.98. The van der Waals surface area contributed by atoms with Gasteiger partial charge in [-0.3, -0.25) is 10.1 Å². The number of nitrogens with two attached hydrogens (primary N) is 1.